The summed E-state index contributed by atoms with van der Waals surface area (Å²) in [6, 6.07) is 1.85. The summed E-state index contributed by atoms with van der Waals surface area (Å²) in [5, 5.41) is 3.87. The molecule has 3 aromatic heterocycles. The highest BCUT2D eigenvalue weighted by atomic mass is 19.1. The molecule has 210 valence electrons. The predicted molar refractivity (Wildman–Crippen MR) is 150 cm³/mol. The third-order valence-corrected chi connectivity index (χ3v) is 7.81. The van der Waals surface area contributed by atoms with Crippen LogP contribution in [0.1, 0.15) is 65.5 Å². The van der Waals surface area contributed by atoms with Gasteiger partial charge in [-0.05, 0) is 57.1 Å². The number of halogens is 1. The Kier molecular flexibility index (Phi) is 8.02. The van der Waals surface area contributed by atoms with Crippen molar-refractivity contribution >= 4 is 22.6 Å². The Morgan fingerprint density at radius 2 is 2.05 bits per heavy atom. The first kappa shape index (κ1) is 27.3. The average molecular weight is 539 g/mol. The summed E-state index contributed by atoms with van der Waals surface area (Å²) in [4.78, 5) is 26.6. The number of aromatic nitrogens is 5. The second kappa shape index (κ2) is 11.5. The number of hydrogen-bond acceptors (Lipinski definition) is 7. The fourth-order valence-corrected chi connectivity index (χ4v) is 5.91. The Balaban J connectivity index is 1.67. The lowest BCUT2D eigenvalue weighted by Gasteiger charge is -2.35. The molecule has 0 spiro atoms. The highest BCUT2D eigenvalue weighted by Gasteiger charge is 2.30. The molecule has 3 aromatic rings. The van der Waals surface area contributed by atoms with Crippen molar-refractivity contribution in [1.82, 2.24) is 24.7 Å². The van der Waals surface area contributed by atoms with Gasteiger partial charge in [0, 0.05) is 26.1 Å². The SMILES string of the molecule is C=C(C)/C=C(\C)c1nc(-c2noc(=O)[nH]2)cc2nc(N3CCOC(CC(C)F)C3)n(CC3CCC(C)CC3)c12. The van der Waals surface area contributed by atoms with Gasteiger partial charge in [0.1, 0.15) is 5.69 Å². The number of fused-ring (bicyclic) bond motifs is 1. The number of alkyl halides is 1. The lowest BCUT2D eigenvalue weighted by molar-refractivity contribution is 0.0213. The van der Waals surface area contributed by atoms with Crippen molar-refractivity contribution in [2.75, 3.05) is 24.6 Å². The van der Waals surface area contributed by atoms with E-state index in [-0.39, 0.29) is 11.9 Å². The Hall–Kier alpha value is -3.27. The van der Waals surface area contributed by atoms with Crippen LogP contribution in [0.4, 0.5) is 10.3 Å². The number of ether oxygens (including phenoxy) is 1. The summed E-state index contributed by atoms with van der Waals surface area (Å²) >= 11 is 0. The van der Waals surface area contributed by atoms with E-state index in [1.807, 2.05) is 26.0 Å². The summed E-state index contributed by atoms with van der Waals surface area (Å²) in [6.45, 7) is 14.5. The normalized spacial score (nSPS) is 23.4. The van der Waals surface area contributed by atoms with E-state index in [1.54, 1.807) is 6.92 Å². The second-order valence-electron chi connectivity index (χ2n) is 11.4. The zero-order chi connectivity index (χ0) is 27.7. The fourth-order valence-electron chi connectivity index (χ4n) is 5.91. The maximum absolute atomic E-state index is 13.9. The van der Waals surface area contributed by atoms with E-state index < -0.39 is 11.9 Å². The number of hydrogen-bond donors (Lipinski definition) is 1. The van der Waals surface area contributed by atoms with Gasteiger partial charge in [-0.1, -0.05) is 43.2 Å². The summed E-state index contributed by atoms with van der Waals surface area (Å²) in [5.74, 6) is 1.76. The largest absolute Gasteiger partial charge is 0.439 e. The van der Waals surface area contributed by atoms with Crippen molar-refractivity contribution in [3.05, 3.63) is 40.5 Å². The minimum atomic E-state index is -0.934. The third kappa shape index (κ3) is 6.16. The molecule has 2 unspecified atom stereocenters. The molecule has 0 bridgehead atoms. The molecule has 9 nitrogen and oxygen atoms in total. The Morgan fingerprint density at radius 3 is 2.72 bits per heavy atom. The van der Waals surface area contributed by atoms with Crippen LogP contribution in [0.3, 0.4) is 0 Å². The fraction of sp³-hybridized carbons (Fsp3) is 0.586. The molecule has 4 heterocycles. The first-order valence-corrected chi connectivity index (χ1v) is 14.0. The van der Waals surface area contributed by atoms with Crippen LogP contribution in [0.2, 0.25) is 0 Å². The Morgan fingerprint density at radius 1 is 1.28 bits per heavy atom. The van der Waals surface area contributed by atoms with Gasteiger partial charge in [0.25, 0.3) is 0 Å². The van der Waals surface area contributed by atoms with Crippen molar-refractivity contribution in [3.8, 4) is 11.5 Å². The van der Waals surface area contributed by atoms with Crippen LogP contribution in [0.25, 0.3) is 28.1 Å². The molecule has 0 amide bonds. The molecule has 2 fully saturated rings. The van der Waals surface area contributed by atoms with E-state index >= 15 is 0 Å². The lowest BCUT2D eigenvalue weighted by atomic mass is 9.83. The molecule has 1 N–H and O–H groups in total. The topological polar surface area (TPSA) is 102 Å². The number of imidazole rings is 1. The highest BCUT2D eigenvalue weighted by Crippen LogP contribution is 2.36. The van der Waals surface area contributed by atoms with Crippen LogP contribution < -0.4 is 10.7 Å². The number of allylic oxidation sites excluding steroid dienone is 3. The molecule has 2 atom stereocenters. The van der Waals surface area contributed by atoms with Crippen LogP contribution >= 0.6 is 0 Å². The van der Waals surface area contributed by atoms with E-state index in [9.17, 15) is 9.18 Å². The number of nitrogens with zero attached hydrogens (tertiary/aromatic N) is 5. The maximum Gasteiger partial charge on any atom is 0.439 e. The number of aromatic amines is 1. The van der Waals surface area contributed by atoms with Gasteiger partial charge in [0.2, 0.25) is 11.8 Å². The van der Waals surface area contributed by atoms with Gasteiger partial charge >= 0.3 is 5.76 Å². The van der Waals surface area contributed by atoms with Gasteiger partial charge in [-0.2, -0.15) is 0 Å². The van der Waals surface area contributed by atoms with Gasteiger partial charge in [-0.15, -0.1) is 0 Å². The number of pyridine rings is 1. The van der Waals surface area contributed by atoms with E-state index in [4.69, 9.17) is 19.2 Å². The number of morpholine rings is 1. The van der Waals surface area contributed by atoms with Crippen LogP contribution in [0.15, 0.2) is 33.6 Å². The Labute approximate surface area is 228 Å². The predicted octanol–water partition coefficient (Wildman–Crippen LogP) is 5.53. The number of anilines is 1. The second-order valence-corrected chi connectivity index (χ2v) is 11.4. The molecule has 1 saturated heterocycles. The van der Waals surface area contributed by atoms with Crippen LogP contribution in [0.5, 0.6) is 0 Å². The van der Waals surface area contributed by atoms with Crippen molar-refractivity contribution in [2.24, 2.45) is 11.8 Å². The molecule has 0 aromatic carbocycles. The summed E-state index contributed by atoms with van der Waals surface area (Å²) in [7, 11) is 0. The van der Waals surface area contributed by atoms with E-state index in [2.05, 4.69) is 33.1 Å². The molecular weight excluding hydrogens is 499 g/mol. The monoisotopic (exact) mass is 538 g/mol. The zero-order valence-electron chi connectivity index (χ0n) is 23.4. The van der Waals surface area contributed by atoms with Crippen LogP contribution in [-0.2, 0) is 11.3 Å². The standard InChI is InChI=1S/C29H39FN6O3/c1-17(2)12-19(4)25-26-23(14-24(31-25)27-33-29(37)39-34-27)32-28(35-10-11-38-22(16-35)13-20(5)30)36(26)15-21-8-6-18(3)7-9-21/h12,14,18,20-22H,1,6-11,13,15-16H2,2-5H3,(H,33,34,37)/b19-12+. The molecule has 2 aliphatic rings. The molecule has 10 heteroatoms. The maximum atomic E-state index is 13.9. The molecule has 1 saturated carbocycles. The van der Waals surface area contributed by atoms with Crippen LogP contribution in [-0.4, -0.2) is 56.6 Å². The third-order valence-electron chi connectivity index (χ3n) is 7.81. The Bertz CT molecular complexity index is 1410. The first-order chi connectivity index (χ1) is 18.7. The van der Waals surface area contributed by atoms with E-state index in [0.717, 1.165) is 46.3 Å². The van der Waals surface area contributed by atoms with E-state index in [1.165, 1.54) is 25.7 Å². The smallest absolute Gasteiger partial charge is 0.374 e. The van der Waals surface area contributed by atoms with Crippen LogP contribution in [0, 0.1) is 11.8 Å². The van der Waals surface area contributed by atoms with Crippen molar-refractivity contribution in [2.45, 2.75) is 78.6 Å². The molecule has 39 heavy (non-hydrogen) atoms. The van der Waals surface area contributed by atoms with Crippen molar-refractivity contribution in [1.29, 1.82) is 0 Å². The quantitative estimate of drug-likeness (QED) is 0.376. The van der Waals surface area contributed by atoms with Gasteiger partial charge in [-0.25, -0.2) is 19.2 Å². The van der Waals surface area contributed by atoms with E-state index in [0.29, 0.717) is 37.7 Å². The van der Waals surface area contributed by atoms with Gasteiger partial charge in [0.15, 0.2) is 0 Å². The highest BCUT2D eigenvalue weighted by molar-refractivity contribution is 5.91. The molecule has 1 aliphatic carbocycles. The summed E-state index contributed by atoms with van der Waals surface area (Å²) in [6.07, 6.45) is 6.03. The minimum absolute atomic E-state index is 0.194. The lowest BCUT2D eigenvalue weighted by Crippen LogP contribution is -2.44. The van der Waals surface area contributed by atoms with Crippen molar-refractivity contribution < 1.29 is 13.7 Å². The number of rotatable bonds is 8. The van der Waals surface area contributed by atoms with Gasteiger partial charge in [-0.3, -0.25) is 9.51 Å². The molecule has 5 rings (SSSR count). The van der Waals surface area contributed by atoms with Gasteiger partial charge < -0.3 is 14.2 Å². The molecular formula is C29H39FN6O3. The average Bonchev–Trinajstić information content (AvgIpc) is 3.48. The number of nitrogens with one attached hydrogen (secondary N) is 1. The minimum Gasteiger partial charge on any atom is -0.374 e. The summed E-state index contributed by atoms with van der Waals surface area (Å²) in [5.41, 5.74) is 4.79. The first-order valence-electron chi connectivity index (χ1n) is 14.0. The number of H-pyrrole nitrogens is 1. The molecule has 1 aliphatic heterocycles. The molecule has 0 radical (unpaired) electrons. The van der Waals surface area contributed by atoms with Gasteiger partial charge in [0.05, 0.1) is 35.6 Å². The van der Waals surface area contributed by atoms with Crippen molar-refractivity contribution in [3.63, 3.8) is 0 Å². The zero-order valence-corrected chi connectivity index (χ0v) is 23.4. The summed E-state index contributed by atoms with van der Waals surface area (Å²) < 4.78 is 26.8.